The number of hydrogen-bond donors (Lipinski definition) is 0. The number of benzene rings is 2. The molecule has 1 aromatic heterocycles. The third-order valence-corrected chi connectivity index (χ3v) is 5.03. The Hall–Kier alpha value is -1.63. The SMILES string of the molecule is CCCC.C[C-]1C(C)c2ccccc2-c2cc3ccccc3c[n+]21.[Ir]. The summed E-state index contributed by atoms with van der Waals surface area (Å²) in [5.41, 5.74) is 4.09. The Kier molecular flexibility index (Phi) is 6.81. The van der Waals surface area contributed by atoms with Gasteiger partial charge in [-0.2, -0.15) is 0 Å². The molecular formula is C23H27IrN. The van der Waals surface area contributed by atoms with Gasteiger partial charge in [-0.1, -0.05) is 82.1 Å². The van der Waals surface area contributed by atoms with Gasteiger partial charge in [0.1, 0.15) is 5.69 Å². The van der Waals surface area contributed by atoms with E-state index in [1.165, 1.54) is 46.5 Å². The van der Waals surface area contributed by atoms with Crippen LogP contribution in [0.1, 0.15) is 52.0 Å². The molecule has 0 fully saturated rings. The summed E-state index contributed by atoms with van der Waals surface area (Å²) in [5, 5.41) is 2.60. The zero-order valence-corrected chi connectivity index (χ0v) is 17.9. The van der Waals surface area contributed by atoms with Crippen molar-refractivity contribution in [2.75, 3.05) is 0 Å². The Morgan fingerprint density at radius 2 is 1.52 bits per heavy atom. The zero-order chi connectivity index (χ0) is 17.1. The third-order valence-electron chi connectivity index (χ3n) is 5.03. The Labute approximate surface area is 165 Å². The summed E-state index contributed by atoms with van der Waals surface area (Å²) in [7, 11) is 0. The summed E-state index contributed by atoms with van der Waals surface area (Å²) < 4.78 is 2.36. The van der Waals surface area contributed by atoms with E-state index in [1.807, 2.05) is 0 Å². The average molecular weight is 510 g/mol. The number of aromatic nitrogens is 1. The summed E-state index contributed by atoms with van der Waals surface area (Å²) in [6.45, 7) is 8.89. The second kappa shape index (κ2) is 8.65. The van der Waals surface area contributed by atoms with Crippen molar-refractivity contribution in [2.45, 2.75) is 46.5 Å². The van der Waals surface area contributed by atoms with Crippen molar-refractivity contribution in [1.29, 1.82) is 0 Å². The third kappa shape index (κ3) is 3.81. The van der Waals surface area contributed by atoms with Gasteiger partial charge in [0.2, 0.25) is 0 Å². The van der Waals surface area contributed by atoms with Gasteiger partial charge in [-0.05, 0) is 34.9 Å². The minimum atomic E-state index is 0. The van der Waals surface area contributed by atoms with Crippen LogP contribution >= 0.6 is 0 Å². The van der Waals surface area contributed by atoms with Crippen LogP contribution in [0, 0.1) is 6.04 Å². The smallest absolute Gasteiger partial charge is 0.113 e. The molecule has 0 amide bonds. The molecule has 0 aliphatic carbocycles. The van der Waals surface area contributed by atoms with E-state index in [9.17, 15) is 0 Å². The Morgan fingerprint density at radius 3 is 2.20 bits per heavy atom. The first-order valence-electron chi connectivity index (χ1n) is 9.05. The van der Waals surface area contributed by atoms with Crippen LogP contribution in [0.2, 0.25) is 0 Å². The second-order valence-electron chi connectivity index (χ2n) is 6.61. The predicted molar refractivity (Wildman–Crippen MR) is 103 cm³/mol. The van der Waals surface area contributed by atoms with Gasteiger partial charge < -0.3 is 4.57 Å². The van der Waals surface area contributed by atoms with Crippen molar-refractivity contribution in [2.24, 2.45) is 0 Å². The molecule has 1 radical (unpaired) electrons. The van der Waals surface area contributed by atoms with E-state index >= 15 is 0 Å². The maximum atomic E-state index is 2.36. The van der Waals surface area contributed by atoms with E-state index in [-0.39, 0.29) is 20.1 Å². The molecule has 1 atom stereocenters. The van der Waals surface area contributed by atoms with Gasteiger partial charge in [0.05, 0.1) is 12.2 Å². The number of fused-ring (bicyclic) bond motifs is 4. The molecule has 1 aliphatic heterocycles. The molecule has 2 heteroatoms. The molecule has 2 heterocycles. The minimum absolute atomic E-state index is 0. The molecule has 1 nitrogen and oxygen atoms in total. The van der Waals surface area contributed by atoms with Crippen molar-refractivity contribution in [3.05, 3.63) is 72.4 Å². The predicted octanol–water partition coefficient (Wildman–Crippen LogP) is 6.12. The van der Waals surface area contributed by atoms with E-state index in [2.05, 4.69) is 93.1 Å². The second-order valence-corrected chi connectivity index (χ2v) is 6.61. The molecule has 4 rings (SSSR count). The monoisotopic (exact) mass is 510 g/mol. The first-order chi connectivity index (χ1) is 11.7. The Bertz CT molecular complexity index is 838. The van der Waals surface area contributed by atoms with E-state index in [4.69, 9.17) is 0 Å². The summed E-state index contributed by atoms with van der Waals surface area (Å²) in [6.07, 6.45) is 4.91. The molecule has 25 heavy (non-hydrogen) atoms. The molecule has 0 bridgehead atoms. The van der Waals surface area contributed by atoms with Crippen LogP contribution in [0.25, 0.3) is 22.0 Å². The maximum Gasteiger partial charge on any atom is 0.113 e. The molecule has 0 spiro atoms. The van der Waals surface area contributed by atoms with Gasteiger partial charge in [-0.25, -0.2) is 0 Å². The first kappa shape index (κ1) is 19.7. The van der Waals surface area contributed by atoms with Crippen molar-refractivity contribution in [3.8, 4) is 11.3 Å². The van der Waals surface area contributed by atoms with Crippen LogP contribution in [-0.4, -0.2) is 0 Å². The van der Waals surface area contributed by atoms with Gasteiger partial charge >= 0.3 is 0 Å². The van der Waals surface area contributed by atoms with Crippen LogP contribution < -0.4 is 4.57 Å². The minimum Gasteiger partial charge on any atom is -0.327 e. The molecule has 3 aromatic rings. The van der Waals surface area contributed by atoms with Crippen LogP contribution in [0.15, 0.2) is 60.8 Å². The number of pyridine rings is 1. The standard InChI is InChI=1S/C19H17N.C4H10.Ir/c1-13-14(2)20-12-16-8-4-3-7-15(16)11-19(20)18-10-6-5-9-17(13)18;1-3-4-2;/h3-13H,1-2H3;3-4H2,1-2H3;. The Balaban J connectivity index is 0.000000411. The van der Waals surface area contributed by atoms with Gasteiger partial charge in [0.25, 0.3) is 0 Å². The topological polar surface area (TPSA) is 3.88 Å². The van der Waals surface area contributed by atoms with Crippen LogP contribution in [0.4, 0.5) is 0 Å². The first-order valence-corrected chi connectivity index (χ1v) is 9.05. The van der Waals surface area contributed by atoms with Gasteiger partial charge in [-0.3, -0.25) is 0 Å². The van der Waals surface area contributed by atoms with Crippen LogP contribution in [-0.2, 0) is 20.1 Å². The fourth-order valence-corrected chi connectivity index (χ4v) is 3.23. The average Bonchev–Trinajstić information content (AvgIpc) is 2.65. The zero-order valence-electron chi connectivity index (χ0n) is 15.5. The normalized spacial score (nSPS) is 14.7. The fourth-order valence-electron chi connectivity index (χ4n) is 3.23. The van der Waals surface area contributed by atoms with E-state index < -0.39 is 0 Å². The van der Waals surface area contributed by atoms with Gasteiger partial charge in [0, 0.05) is 26.0 Å². The molecule has 1 unspecified atom stereocenters. The molecule has 0 saturated carbocycles. The summed E-state index contributed by atoms with van der Waals surface area (Å²) in [4.78, 5) is 0. The molecule has 2 aromatic carbocycles. The van der Waals surface area contributed by atoms with E-state index in [0.29, 0.717) is 5.92 Å². The number of rotatable bonds is 1. The summed E-state index contributed by atoms with van der Waals surface area (Å²) >= 11 is 0. The van der Waals surface area contributed by atoms with E-state index in [1.54, 1.807) is 0 Å². The van der Waals surface area contributed by atoms with E-state index in [0.717, 1.165) is 0 Å². The molecule has 133 valence electrons. The Morgan fingerprint density at radius 1 is 0.920 bits per heavy atom. The fraction of sp³-hybridized carbons (Fsp3) is 0.304. The van der Waals surface area contributed by atoms with Crippen LogP contribution in [0.5, 0.6) is 0 Å². The molecule has 0 saturated heterocycles. The van der Waals surface area contributed by atoms with Gasteiger partial charge in [-0.15, -0.1) is 0 Å². The van der Waals surface area contributed by atoms with Crippen molar-refractivity contribution < 1.29 is 24.7 Å². The van der Waals surface area contributed by atoms with Crippen molar-refractivity contribution in [3.63, 3.8) is 0 Å². The number of unbranched alkanes of at least 4 members (excludes halogenated alkanes) is 1. The number of hydrogen-bond acceptors (Lipinski definition) is 0. The van der Waals surface area contributed by atoms with Crippen molar-refractivity contribution >= 4 is 10.8 Å². The van der Waals surface area contributed by atoms with Gasteiger partial charge in [0.15, 0.2) is 0 Å². The summed E-state index contributed by atoms with van der Waals surface area (Å²) in [5.74, 6) is 0.463. The molecular weight excluding hydrogens is 482 g/mol. The largest absolute Gasteiger partial charge is 0.327 e. The quantitative estimate of drug-likeness (QED) is 0.275. The van der Waals surface area contributed by atoms with Crippen LogP contribution in [0.3, 0.4) is 0 Å². The number of nitrogens with zero attached hydrogens (tertiary/aromatic N) is 1. The summed E-state index contributed by atoms with van der Waals surface area (Å²) in [6, 6.07) is 21.0. The molecule has 0 N–H and O–H groups in total. The van der Waals surface area contributed by atoms with Crippen molar-refractivity contribution in [1.82, 2.24) is 0 Å². The maximum absolute atomic E-state index is 2.36. The molecule has 1 aliphatic rings.